The molecule has 18 heavy (non-hydrogen) atoms. The number of carboxylic acids is 1. The van der Waals surface area contributed by atoms with Gasteiger partial charge in [-0.25, -0.2) is 4.79 Å². The molecule has 1 aromatic heterocycles. The average Bonchev–Trinajstić information content (AvgIpc) is 2.81. The third-order valence-corrected chi connectivity index (χ3v) is 3.47. The normalized spacial score (nSPS) is 11.9. The first kappa shape index (κ1) is 14.5. The summed E-state index contributed by atoms with van der Waals surface area (Å²) in [4.78, 5) is 25.0. The Morgan fingerprint density at radius 3 is 2.78 bits per heavy atom. The van der Waals surface area contributed by atoms with Crippen LogP contribution in [-0.2, 0) is 4.79 Å². The summed E-state index contributed by atoms with van der Waals surface area (Å²) in [5, 5.41) is 13.5. The van der Waals surface area contributed by atoms with Crippen molar-refractivity contribution < 1.29 is 14.7 Å². The van der Waals surface area contributed by atoms with Crippen LogP contribution in [0.1, 0.15) is 31.2 Å². The predicted molar refractivity (Wildman–Crippen MR) is 70.8 cm³/mol. The monoisotopic (exact) mass is 270 g/mol. The van der Waals surface area contributed by atoms with Gasteiger partial charge < -0.3 is 15.3 Å². The van der Waals surface area contributed by atoms with Crippen molar-refractivity contribution in [1.29, 1.82) is 0 Å². The van der Waals surface area contributed by atoms with E-state index in [1.54, 1.807) is 11.3 Å². The van der Waals surface area contributed by atoms with Gasteiger partial charge in [0.05, 0.1) is 6.04 Å². The Morgan fingerprint density at radius 2 is 2.28 bits per heavy atom. The zero-order chi connectivity index (χ0) is 13.5. The molecule has 2 amide bonds. The van der Waals surface area contributed by atoms with E-state index in [9.17, 15) is 9.59 Å². The second-order valence-corrected chi connectivity index (χ2v) is 4.98. The molecule has 1 heterocycles. The van der Waals surface area contributed by atoms with Gasteiger partial charge in [-0.15, -0.1) is 11.3 Å². The van der Waals surface area contributed by atoms with Crippen molar-refractivity contribution in [2.24, 2.45) is 0 Å². The molecule has 0 aliphatic heterocycles. The number of rotatable bonds is 6. The molecule has 6 heteroatoms. The minimum atomic E-state index is -0.998. The SMILES string of the molecule is CCCN(CC(=O)O)C(=O)NC(C)c1cccs1. The Hall–Kier alpha value is -1.56. The Labute approximate surface area is 110 Å². The largest absolute Gasteiger partial charge is 0.480 e. The van der Waals surface area contributed by atoms with E-state index >= 15 is 0 Å². The predicted octanol–water partition coefficient (Wildman–Crippen LogP) is 2.32. The second kappa shape index (κ2) is 7.00. The summed E-state index contributed by atoms with van der Waals surface area (Å²) in [6.45, 7) is 3.96. The van der Waals surface area contributed by atoms with Gasteiger partial charge >= 0.3 is 12.0 Å². The van der Waals surface area contributed by atoms with Gasteiger partial charge in [0.1, 0.15) is 6.54 Å². The maximum atomic E-state index is 11.9. The molecule has 0 saturated carbocycles. The second-order valence-electron chi connectivity index (χ2n) is 4.00. The summed E-state index contributed by atoms with van der Waals surface area (Å²) in [7, 11) is 0. The van der Waals surface area contributed by atoms with E-state index in [0.717, 1.165) is 11.3 Å². The highest BCUT2D eigenvalue weighted by Crippen LogP contribution is 2.18. The van der Waals surface area contributed by atoms with E-state index in [1.165, 1.54) is 4.90 Å². The zero-order valence-corrected chi connectivity index (χ0v) is 11.4. The lowest BCUT2D eigenvalue weighted by atomic mass is 10.3. The summed E-state index contributed by atoms with van der Waals surface area (Å²) in [6.07, 6.45) is 0.730. The number of nitrogens with zero attached hydrogens (tertiary/aromatic N) is 1. The highest BCUT2D eigenvalue weighted by atomic mass is 32.1. The Kier molecular flexibility index (Phi) is 5.64. The van der Waals surface area contributed by atoms with Crippen LogP contribution >= 0.6 is 11.3 Å². The lowest BCUT2D eigenvalue weighted by Crippen LogP contribution is -2.43. The van der Waals surface area contributed by atoms with Crippen molar-refractivity contribution in [3.05, 3.63) is 22.4 Å². The fraction of sp³-hybridized carbons (Fsp3) is 0.500. The zero-order valence-electron chi connectivity index (χ0n) is 10.5. The molecule has 1 rings (SSSR count). The maximum Gasteiger partial charge on any atom is 0.323 e. The first-order valence-corrected chi connectivity index (χ1v) is 6.73. The van der Waals surface area contributed by atoms with Gasteiger partial charge in [0.2, 0.25) is 0 Å². The van der Waals surface area contributed by atoms with Crippen molar-refractivity contribution >= 4 is 23.3 Å². The van der Waals surface area contributed by atoms with E-state index in [1.807, 2.05) is 31.4 Å². The molecule has 0 saturated heterocycles. The number of carbonyl (C=O) groups excluding carboxylic acids is 1. The Morgan fingerprint density at radius 1 is 1.56 bits per heavy atom. The van der Waals surface area contributed by atoms with Crippen LogP contribution in [0.5, 0.6) is 0 Å². The minimum Gasteiger partial charge on any atom is -0.480 e. The van der Waals surface area contributed by atoms with Crippen molar-refractivity contribution in [2.45, 2.75) is 26.3 Å². The number of carbonyl (C=O) groups is 2. The maximum absolute atomic E-state index is 11.9. The van der Waals surface area contributed by atoms with E-state index in [2.05, 4.69) is 5.32 Å². The highest BCUT2D eigenvalue weighted by Gasteiger charge is 2.18. The van der Waals surface area contributed by atoms with E-state index in [4.69, 9.17) is 5.11 Å². The number of amides is 2. The molecule has 0 spiro atoms. The average molecular weight is 270 g/mol. The number of aliphatic carboxylic acids is 1. The first-order chi connectivity index (χ1) is 8.54. The first-order valence-electron chi connectivity index (χ1n) is 5.85. The topological polar surface area (TPSA) is 69.6 Å². The van der Waals surface area contributed by atoms with Crippen LogP contribution in [0, 0.1) is 0 Å². The summed E-state index contributed by atoms with van der Waals surface area (Å²) < 4.78 is 0. The number of nitrogens with one attached hydrogen (secondary N) is 1. The fourth-order valence-electron chi connectivity index (χ4n) is 1.57. The molecule has 0 aliphatic carbocycles. The van der Waals surface area contributed by atoms with E-state index < -0.39 is 5.97 Å². The molecule has 0 aliphatic rings. The molecule has 5 nitrogen and oxygen atoms in total. The minimum absolute atomic E-state index is 0.106. The summed E-state index contributed by atoms with van der Waals surface area (Å²) in [5.74, 6) is -0.998. The molecule has 0 fully saturated rings. The van der Waals surface area contributed by atoms with Gasteiger partial charge in [-0.1, -0.05) is 13.0 Å². The molecule has 1 atom stereocenters. The van der Waals surface area contributed by atoms with E-state index in [-0.39, 0.29) is 18.6 Å². The third-order valence-electron chi connectivity index (χ3n) is 2.42. The number of thiophene rings is 1. The molecule has 0 radical (unpaired) electrons. The summed E-state index contributed by atoms with van der Waals surface area (Å²) >= 11 is 1.56. The van der Waals surface area contributed by atoms with Crippen molar-refractivity contribution in [1.82, 2.24) is 10.2 Å². The van der Waals surface area contributed by atoms with Gasteiger partial charge in [-0.2, -0.15) is 0 Å². The van der Waals surface area contributed by atoms with Crippen LogP contribution in [0.2, 0.25) is 0 Å². The van der Waals surface area contributed by atoms with Gasteiger partial charge in [0.15, 0.2) is 0 Å². The third kappa shape index (κ3) is 4.37. The van der Waals surface area contributed by atoms with Gasteiger partial charge in [0, 0.05) is 11.4 Å². The van der Waals surface area contributed by atoms with Gasteiger partial charge in [-0.05, 0) is 24.8 Å². The molecule has 0 bridgehead atoms. The standard InChI is InChI=1S/C12H18N2O3S/c1-3-6-14(8-11(15)16)12(17)13-9(2)10-5-4-7-18-10/h4-5,7,9H,3,6,8H2,1-2H3,(H,13,17)(H,15,16). The lowest BCUT2D eigenvalue weighted by molar-refractivity contribution is -0.137. The number of urea groups is 1. The number of carboxylic acid groups (broad SMARTS) is 1. The van der Waals surface area contributed by atoms with Crippen LogP contribution in [0.3, 0.4) is 0 Å². The van der Waals surface area contributed by atoms with Crippen LogP contribution in [0.15, 0.2) is 17.5 Å². The Balaban J connectivity index is 2.58. The van der Waals surface area contributed by atoms with Crippen LogP contribution < -0.4 is 5.32 Å². The quantitative estimate of drug-likeness (QED) is 0.833. The summed E-state index contributed by atoms with van der Waals surface area (Å²) in [6, 6.07) is 3.42. The molecule has 1 unspecified atom stereocenters. The van der Waals surface area contributed by atoms with Gasteiger partial charge in [0.25, 0.3) is 0 Å². The fourth-order valence-corrected chi connectivity index (χ4v) is 2.31. The molecular formula is C12H18N2O3S. The number of hydrogen-bond donors (Lipinski definition) is 2. The Bertz CT molecular complexity index is 392. The molecule has 1 aromatic rings. The highest BCUT2D eigenvalue weighted by molar-refractivity contribution is 7.10. The molecule has 100 valence electrons. The lowest BCUT2D eigenvalue weighted by Gasteiger charge is -2.22. The van der Waals surface area contributed by atoms with Crippen molar-refractivity contribution in [3.8, 4) is 0 Å². The molecule has 2 N–H and O–H groups in total. The van der Waals surface area contributed by atoms with Crippen LogP contribution in [-0.4, -0.2) is 35.1 Å². The van der Waals surface area contributed by atoms with Gasteiger partial charge in [-0.3, -0.25) is 4.79 Å². The van der Waals surface area contributed by atoms with Crippen molar-refractivity contribution in [3.63, 3.8) is 0 Å². The van der Waals surface area contributed by atoms with Crippen LogP contribution in [0.25, 0.3) is 0 Å². The van der Waals surface area contributed by atoms with Crippen molar-refractivity contribution in [2.75, 3.05) is 13.1 Å². The van der Waals surface area contributed by atoms with E-state index in [0.29, 0.717) is 6.54 Å². The molecule has 0 aromatic carbocycles. The number of hydrogen-bond acceptors (Lipinski definition) is 3. The molecular weight excluding hydrogens is 252 g/mol. The smallest absolute Gasteiger partial charge is 0.323 e. The summed E-state index contributed by atoms with van der Waals surface area (Å²) in [5.41, 5.74) is 0. The van der Waals surface area contributed by atoms with Crippen LogP contribution in [0.4, 0.5) is 4.79 Å².